The van der Waals surface area contributed by atoms with Crippen molar-refractivity contribution in [3.8, 4) is 0 Å². The lowest BCUT2D eigenvalue weighted by molar-refractivity contribution is -0.124. The second-order valence-corrected chi connectivity index (χ2v) is 5.22. The number of aromatic nitrogens is 2. The van der Waals surface area contributed by atoms with E-state index in [1.807, 2.05) is 6.92 Å². The largest absolute Gasteiger partial charge is 0.357 e. The number of nitrogens with zero attached hydrogens (tertiary/aromatic N) is 3. The van der Waals surface area contributed by atoms with Crippen molar-refractivity contribution in [2.24, 2.45) is 5.73 Å². The molecule has 0 saturated carbocycles. The molecule has 2 heterocycles. The van der Waals surface area contributed by atoms with Gasteiger partial charge in [-0.25, -0.2) is 9.97 Å². The number of carbonyl (C=O) groups excluding carboxylic acids is 2. The lowest BCUT2D eigenvalue weighted by Gasteiger charge is -2.23. The van der Waals surface area contributed by atoms with E-state index in [0.717, 1.165) is 6.42 Å². The summed E-state index contributed by atoms with van der Waals surface area (Å²) in [6.45, 7) is 2.40. The minimum atomic E-state index is -0.521. The molecule has 1 aromatic rings. The van der Waals surface area contributed by atoms with Gasteiger partial charge in [0.05, 0.1) is 11.3 Å². The Bertz CT molecular complexity index is 534. The molecular weight excluding hydrogens is 270 g/mol. The van der Waals surface area contributed by atoms with E-state index in [1.165, 1.54) is 17.4 Å². The second-order valence-electron chi connectivity index (χ2n) is 5.22. The topological polar surface area (TPSA) is 101 Å². The first-order valence-electron chi connectivity index (χ1n) is 7.15. The fourth-order valence-corrected chi connectivity index (χ4v) is 2.63. The summed E-state index contributed by atoms with van der Waals surface area (Å²) in [7, 11) is 1.56. The lowest BCUT2D eigenvalue weighted by atomic mass is 10.1. The first-order valence-corrected chi connectivity index (χ1v) is 7.15. The summed E-state index contributed by atoms with van der Waals surface area (Å²) >= 11 is 0. The van der Waals surface area contributed by atoms with Crippen LogP contribution in [0.2, 0.25) is 0 Å². The van der Waals surface area contributed by atoms with E-state index in [4.69, 9.17) is 5.73 Å². The van der Waals surface area contributed by atoms with Crippen LogP contribution in [-0.2, 0) is 11.2 Å². The molecule has 2 amide bonds. The van der Waals surface area contributed by atoms with E-state index in [1.54, 1.807) is 7.05 Å². The van der Waals surface area contributed by atoms with Crippen molar-refractivity contribution in [2.45, 2.75) is 38.3 Å². The number of rotatable bonds is 4. The molecule has 1 aliphatic rings. The van der Waals surface area contributed by atoms with E-state index < -0.39 is 6.04 Å². The van der Waals surface area contributed by atoms with Crippen molar-refractivity contribution in [1.82, 2.24) is 20.2 Å². The number of likely N-dealkylation sites (N-methyl/N-ethyl adjacent to an activating group) is 1. The van der Waals surface area contributed by atoms with Gasteiger partial charge in [-0.15, -0.1) is 0 Å². The van der Waals surface area contributed by atoms with Gasteiger partial charge in [0.2, 0.25) is 5.91 Å². The molecule has 0 unspecified atom stereocenters. The minimum Gasteiger partial charge on any atom is -0.357 e. The Labute approximate surface area is 123 Å². The van der Waals surface area contributed by atoms with Gasteiger partial charge in [-0.1, -0.05) is 13.3 Å². The molecule has 7 heteroatoms. The predicted molar refractivity (Wildman–Crippen MR) is 77.5 cm³/mol. The Balaban J connectivity index is 2.28. The minimum absolute atomic E-state index is 0.185. The highest BCUT2D eigenvalue weighted by molar-refractivity contribution is 5.98. The number of aryl methyl sites for hydroxylation is 1. The summed E-state index contributed by atoms with van der Waals surface area (Å²) in [6, 6.07) is -0.706. The summed E-state index contributed by atoms with van der Waals surface area (Å²) in [5.41, 5.74) is 7.09. The van der Waals surface area contributed by atoms with Gasteiger partial charge in [-0.2, -0.15) is 0 Å². The predicted octanol–water partition coefficient (Wildman–Crippen LogP) is -0.283. The average molecular weight is 291 g/mol. The van der Waals surface area contributed by atoms with Gasteiger partial charge in [-0.05, 0) is 12.8 Å². The van der Waals surface area contributed by atoms with Crippen LogP contribution in [0.3, 0.4) is 0 Å². The monoisotopic (exact) mass is 291 g/mol. The van der Waals surface area contributed by atoms with Gasteiger partial charge in [0.25, 0.3) is 5.91 Å². The Kier molecular flexibility index (Phi) is 4.85. The fourth-order valence-electron chi connectivity index (χ4n) is 2.63. The molecule has 0 bridgehead atoms. The third kappa shape index (κ3) is 3.18. The van der Waals surface area contributed by atoms with Crippen LogP contribution < -0.4 is 11.1 Å². The molecule has 2 rings (SSSR count). The first-order chi connectivity index (χ1) is 10.1. The molecule has 1 aliphatic heterocycles. The Hall–Kier alpha value is -2.02. The van der Waals surface area contributed by atoms with Gasteiger partial charge in [-0.3, -0.25) is 9.59 Å². The summed E-state index contributed by atoms with van der Waals surface area (Å²) in [4.78, 5) is 34.3. The van der Waals surface area contributed by atoms with Crippen molar-refractivity contribution in [3.05, 3.63) is 23.8 Å². The van der Waals surface area contributed by atoms with Crippen molar-refractivity contribution >= 4 is 11.8 Å². The Morgan fingerprint density at radius 3 is 2.95 bits per heavy atom. The van der Waals surface area contributed by atoms with Gasteiger partial charge >= 0.3 is 0 Å². The van der Waals surface area contributed by atoms with Crippen LogP contribution in [0.1, 0.15) is 35.8 Å². The molecule has 114 valence electrons. The highest BCUT2D eigenvalue weighted by atomic mass is 16.2. The number of amides is 2. The van der Waals surface area contributed by atoms with E-state index in [0.29, 0.717) is 30.6 Å². The zero-order valence-corrected chi connectivity index (χ0v) is 12.4. The maximum absolute atomic E-state index is 12.7. The van der Waals surface area contributed by atoms with Crippen LogP contribution in [0, 0.1) is 0 Å². The molecule has 7 nitrogen and oxygen atoms in total. The molecule has 3 N–H and O–H groups in total. The number of nitrogens with two attached hydrogens (primary N) is 1. The molecule has 2 atom stereocenters. The average Bonchev–Trinajstić information content (AvgIpc) is 2.88. The molecule has 0 spiro atoms. The Morgan fingerprint density at radius 2 is 2.29 bits per heavy atom. The highest BCUT2D eigenvalue weighted by Crippen LogP contribution is 2.21. The summed E-state index contributed by atoms with van der Waals surface area (Å²) in [5, 5.41) is 2.58. The van der Waals surface area contributed by atoms with E-state index >= 15 is 0 Å². The molecule has 0 radical (unpaired) electrons. The third-order valence-corrected chi connectivity index (χ3v) is 3.66. The van der Waals surface area contributed by atoms with Gasteiger partial charge in [0, 0.05) is 25.8 Å². The molecule has 1 aromatic heterocycles. The van der Waals surface area contributed by atoms with E-state index in [9.17, 15) is 9.59 Å². The maximum atomic E-state index is 12.7. The molecule has 21 heavy (non-hydrogen) atoms. The maximum Gasteiger partial charge on any atom is 0.258 e. The smallest absolute Gasteiger partial charge is 0.258 e. The Morgan fingerprint density at radius 1 is 1.52 bits per heavy atom. The number of carbonyl (C=O) groups is 2. The van der Waals surface area contributed by atoms with Crippen LogP contribution in [0.5, 0.6) is 0 Å². The second kappa shape index (κ2) is 6.62. The van der Waals surface area contributed by atoms with Crippen molar-refractivity contribution in [3.63, 3.8) is 0 Å². The molecule has 0 aliphatic carbocycles. The number of nitrogens with one attached hydrogen (secondary N) is 1. The normalized spacial score (nSPS) is 21.4. The third-order valence-electron chi connectivity index (χ3n) is 3.66. The molecule has 1 saturated heterocycles. The molecule has 1 fully saturated rings. The van der Waals surface area contributed by atoms with Crippen LogP contribution >= 0.6 is 0 Å². The van der Waals surface area contributed by atoms with Crippen LogP contribution in [-0.4, -0.2) is 52.4 Å². The van der Waals surface area contributed by atoms with Crippen LogP contribution in [0.15, 0.2) is 12.5 Å². The van der Waals surface area contributed by atoms with Crippen LogP contribution in [0.25, 0.3) is 0 Å². The highest BCUT2D eigenvalue weighted by Gasteiger charge is 2.38. The number of hydrogen-bond acceptors (Lipinski definition) is 5. The summed E-state index contributed by atoms with van der Waals surface area (Å²) in [5.74, 6) is -0.411. The molecular formula is C14H21N5O2. The zero-order chi connectivity index (χ0) is 15.4. The quantitative estimate of drug-likeness (QED) is 0.794. The van der Waals surface area contributed by atoms with Crippen molar-refractivity contribution in [1.29, 1.82) is 0 Å². The summed E-state index contributed by atoms with van der Waals surface area (Å²) in [6.07, 6.45) is 5.02. The number of likely N-dealkylation sites (tertiary alicyclic amines) is 1. The van der Waals surface area contributed by atoms with E-state index in [-0.39, 0.29) is 17.9 Å². The fraction of sp³-hybridized carbons (Fsp3) is 0.571. The number of hydrogen-bond donors (Lipinski definition) is 2. The van der Waals surface area contributed by atoms with Gasteiger partial charge in [0.15, 0.2) is 0 Å². The van der Waals surface area contributed by atoms with Gasteiger partial charge in [0.1, 0.15) is 12.4 Å². The van der Waals surface area contributed by atoms with Crippen LogP contribution in [0.4, 0.5) is 0 Å². The van der Waals surface area contributed by atoms with Crippen molar-refractivity contribution < 1.29 is 9.59 Å². The molecule has 0 aromatic carbocycles. The summed E-state index contributed by atoms with van der Waals surface area (Å²) < 4.78 is 0. The SMILES string of the molecule is CCCc1ncncc1C(=O)N1C[C@@H](N)C[C@H]1C(=O)NC. The standard InChI is InChI=1S/C14H21N5O2/c1-3-4-11-10(6-17-8-18-11)14(21)19-7-9(15)5-12(19)13(20)16-2/h6,8-9,12H,3-5,7,15H2,1-2H3,(H,16,20)/t9-,12-/m0/s1. The van der Waals surface area contributed by atoms with E-state index in [2.05, 4.69) is 15.3 Å². The lowest BCUT2D eigenvalue weighted by Crippen LogP contribution is -2.45. The van der Waals surface area contributed by atoms with Gasteiger partial charge < -0.3 is 16.0 Å². The van der Waals surface area contributed by atoms with Crippen molar-refractivity contribution in [2.75, 3.05) is 13.6 Å². The zero-order valence-electron chi connectivity index (χ0n) is 12.4. The first kappa shape index (κ1) is 15.4.